The van der Waals surface area contributed by atoms with E-state index in [-0.39, 0.29) is 5.56 Å². The summed E-state index contributed by atoms with van der Waals surface area (Å²) in [6.45, 7) is 0. The monoisotopic (exact) mass is 272 g/mol. The molecule has 0 bridgehead atoms. The summed E-state index contributed by atoms with van der Waals surface area (Å²) >= 11 is 8.22. The third-order valence-electron chi connectivity index (χ3n) is 1.64. The molecule has 0 radical (unpaired) electrons. The Morgan fingerprint density at radius 3 is 3.00 bits per heavy atom. The molecule has 0 spiro atoms. The zero-order valence-corrected chi connectivity index (χ0v) is 10.1. The van der Waals surface area contributed by atoms with E-state index < -0.39 is 5.97 Å². The molecule has 16 heavy (non-hydrogen) atoms. The van der Waals surface area contributed by atoms with Gasteiger partial charge in [0.1, 0.15) is 10.2 Å². The van der Waals surface area contributed by atoms with Crippen LogP contribution in [0.15, 0.2) is 33.1 Å². The van der Waals surface area contributed by atoms with Gasteiger partial charge in [-0.25, -0.2) is 14.8 Å². The minimum absolute atomic E-state index is 0.166. The normalized spacial score (nSPS) is 10.3. The highest BCUT2D eigenvalue weighted by Gasteiger charge is 2.13. The molecular weight excluding hydrogens is 268 g/mol. The van der Waals surface area contributed by atoms with Gasteiger partial charge < -0.3 is 5.11 Å². The fourth-order valence-electron chi connectivity index (χ4n) is 1.00. The first-order valence-corrected chi connectivity index (χ1v) is 6.21. The van der Waals surface area contributed by atoms with Crippen LogP contribution in [0.4, 0.5) is 0 Å². The van der Waals surface area contributed by atoms with Gasteiger partial charge in [0.2, 0.25) is 0 Å². The summed E-state index contributed by atoms with van der Waals surface area (Å²) < 4.78 is 0.672. The van der Waals surface area contributed by atoms with Crippen LogP contribution in [0.3, 0.4) is 0 Å². The molecule has 0 amide bonds. The molecule has 2 aromatic rings. The molecule has 0 aliphatic heterocycles. The molecule has 0 aromatic carbocycles. The molecule has 0 saturated heterocycles. The van der Waals surface area contributed by atoms with Gasteiger partial charge in [0.25, 0.3) is 0 Å². The van der Waals surface area contributed by atoms with E-state index in [1.54, 1.807) is 17.6 Å². The van der Waals surface area contributed by atoms with Crippen LogP contribution in [0.25, 0.3) is 0 Å². The lowest BCUT2D eigenvalue weighted by molar-refractivity contribution is 0.0692. The van der Waals surface area contributed by atoms with Crippen molar-refractivity contribution in [3.8, 4) is 0 Å². The zero-order chi connectivity index (χ0) is 11.5. The van der Waals surface area contributed by atoms with Gasteiger partial charge in [-0.3, -0.25) is 0 Å². The predicted octanol–water partition coefficient (Wildman–Crippen LogP) is 3.04. The Morgan fingerprint density at radius 2 is 2.38 bits per heavy atom. The lowest BCUT2D eigenvalue weighted by Crippen LogP contribution is -1.99. The maximum atomic E-state index is 10.9. The van der Waals surface area contributed by atoms with Crippen LogP contribution in [0.5, 0.6) is 0 Å². The fraction of sp³-hybridized carbons (Fsp3) is 0. The van der Waals surface area contributed by atoms with Gasteiger partial charge in [-0.2, -0.15) is 0 Å². The van der Waals surface area contributed by atoms with Crippen molar-refractivity contribution in [2.24, 2.45) is 0 Å². The minimum Gasteiger partial charge on any atom is -0.478 e. The second kappa shape index (κ2) is 4.82. The van der Waals surface area contributed by atoms with Crippen molar-refractivity contribution in [2.75, 3.05) is 0 Å². The van der Waals surface area contributed by atoms with Gasteiger partial charge in [-0.05, 0) is 23.9 Å². The maximum absolute atomic E-state index is 10.9. The van der Waals surface area contributed by atoms with E-state index in [0.717, 1.165) is 0 Å². The molecule has 2 aromatic heterocycles. The second-order valence-electron chi connectivity index (χ2n) is 2.70. The van der Waals surface area contributed by atoms with E-state index in [0.29, 0.717) is 14.5 Å². The van der Waals surface area contributed by atoms with Crippen molar-refractivity contribution in [3.05, 3.63) is 34.4 Å². The first-order chi connectivity index (χ1) is 7.66. The summed E-state index contributed by atoms with van der Waals surface area (Å²) in [5, 5.41) is 11.5. The van der Waals surface area contributed by atoms with Crippen LogP contribution in [0.2, 0.25) is 5.15 Å². The largest absolute Gasteiger partial charge is 0.478 e. The highest BCUT2D eigenvalue weighted by molar-refractivity contribution is 8.01. The smallest absolute Gasteiger partial charge is 0.338 e. The predicted molar refractivity (Wildman–Crippen MR) is 62.4 cm³/mol. The lowest BCUT2D eigenvalue weighted by atomic mass is 10.3. The van der Waals surface area contributed by atoms with Crippen molar-refractivity contribution in [1.82, 2.24) is 9.97 Å². The Kier molecular flexibility index (Phi) is 3.42. The van der Waals surface area contributed by atoms with Crippen molar-refractivity contribution in [2.45, 2.75) is 9.37 Å². The summed E-state index contributed by atoms with van der Waals surface area (Å²) in [7, 11) is 0. The molecule has 7 heteroatoms. The quantitative estimate of drug-likeness (QED) is 0.930. The van der Waals surface area contributed by atoms with Gasteiger partial charge in [-0.15, -0.1) is 11.3 Å². The third kappa shape index (κ3) is 2.52. The molecule has 0 aliphatic rings. The maximum Gasteiger partial charge on any atom is 0.338 e. The van der Waals surface area contributed by atoms with Crippen molar-refractivity contribution in [1.29, 1.82) is 0 Å². The van der Waals surface area contributed by atoms with E-state index in [2.05, 4.69) is 9.97 Å². The highest BCUT2D eigenvalue weighted by atomic mass is 35.5. The molecule has 4 nitrogen and oxygen atoms in total. The van der Waals surface area contributed by atoms with Crippen LogP contribution in [0.1, 0.15) is 10.4 Å². The fourth-order valence-corrected chi connectivity index (χ4v) is 2.99. The molecule has 82 valence electrons. The van der Waals surface area contributed by atoms with Crippen molar-refractivity contribution in [3.63, 3.8) is 0 Å². The number of halogens is 1. The number of carboxylic acid groups (broad SMARTS) is 1. The summed E-state index contributed by atoms with van der Waals surface area (Å²) in [6, 6.07) is 3.09. The second-order valence-corrected chi connectivity index (χ2v) is 5.18. The Hall–Kier alpha value is -1.11. The standard InChI is InChI=1S/C9H5ClN2O2S2/c10-6-4-15-9(12-6)16-7-5(8(13)14)2-1-3-11-7/h1-4H,(H,13,14). The molecule has 1 N–H and O–H groups in total. The number of aromatic carboxylic acids is 1. The van der Waals surface area contributed by atoms with E-state index >= 15 is 0 Å². The summed E-state index contributed by atoms with van der Waals surface area (Å²) in [6.07, 6.45) is 1.55. The number of aromatic nitrogens is 2. The first kappa shape index (κ1) is 11.4. The van der Waals surface area contributed by atoms with Crippen LogP contribution in [-0.4, -0.2) is 21.0 Å². The first-order valence-electron chi connectivity index (χ1n) is 4.14. The topological polar surface area (TPSA) is 63.1 Å². The van der Waals surface area contributed by atoms with Gasteiger partial charge in [0, 0.05) is 11.6 Å². The van der Waals surface area contributed by atoms with Crippen LogP contribution < -0.4 is 0 Å². The van der Waals surface area contributed by atoms with Gasteiger partial charge in [-0.1, -0.05) is 11.6 Å². The van der Waals surface area contributed by atoms with Crippen LogP contribution in [0, 0.1) is 0 Å². The molecule has 2 heterocycles. The number of nitrogens with zero attached hydrogens (tertiary/aromatic N) is 2. The number of carboxylic acids is 1. The van der Waals surface area contributed by atoms with E-state index in [1.807, 2.05) is 0 Å². The van der Waals surface area contributed by atoms with Crippen LogP contribution >= 0.6 is 34.7 Å². The Morgan fingerprint density at radius 1 is 1.56 bits per heavy atom. The SMILES string of the molecule is O=C(O)c1cccnc1Sc1nc(Cl)cs1. The van der Waals surface area contributed by atoms with E-state index in [9.17, 15) is 4.79 Å². The van der Waals surface area contributed by atoms with E-state index in [4.69, 9.17) is 16.7 Å². The Labute approximate surface area is 104 Å². The number of hydrogen-bond acceptors (Lipinski definition) is 5. The van der Waals surface area contributed by atoms with Crippen molar-refractivity contribution >= 4 is 40.7 Å². The average Bonchev–Trinajstić information content (AvgIpc) is 2.64. The summed E-state index contributed by atoms with van der Waals surface area (Å²) in [4.78, 5) is 19.0. The molecule has 0 fully saturated rings. The Bertz CT molecular complexity index is 530. The summed E-state index contributed by atoms with van der Waals surface area (Å²) in [5.41, 5.74) is 0.166. The molecule has 0 atom stereocenters. The lowest BCUT2D eigenvalue weighted by Gasteiger charge is -2.00. The number of hydrogen-bond donors (Lipinski definition) is 1. The minimum atomic E-state index is -1.00. The van der Waals surface area contributed by atoms with Gasteiger partial charge in [0.05, 0.1) is 5.56 Å². The average molecular weight is 273 g/mol. The molecule has 2 rings (SSSR count). The Balaban J connectivity index is 2.31. The number of pyridine rings is 1. The molecular formula is C9H5ClN2O2S2. The van der Waals surface area contributed by atoms with Crippen molar-refractivity contribution < 1.29 is 9.90 Å². The number of thiazole rings is 1. The van der Waals surface area contributed by atoms with Crippen LogP contribution in [-0.2, 0) is 0 Å². The van der Waals surface area contributed by atoms with E-state index in [1.165, 1.54) is 29.2 Å². The number of rotatable bonds is 3. The highest BCUT2D eigenvalue weighted by Crippen LogP contribution is 2.32. The van der Waals surface area contributed by atoms with Gasteiger partial charge in [0.15, 0.2) is 4.34 Å². The summed E-state index contributed by atoms with van der Waals surface area (Å²) in [5.74, 6) is -1.00. The molecule has 0 aliphatic carbocycles. The third-order valence-corrected chi connectivity index (χ3v) is 3.92. The molecule has 0 unspecified atom stereocenters. The molecule has 0 saturated carbocycles. The van der Waals surface area contributed by atoms with Gasteiger partial charge >= 0.3 is 5.97 Å². The zero-order valence-electron chi connectivity index (χ0n) is 7.75. The number of carbonyl (C=O) groups is 1.